The lowest BCUT2D eigenvalue weighted by Crippen LogP contribution is -2.49. The topological polar surface area (TPSA) is 54.9 Å². The van der Waals surface area contributed by atoms with Crippen molar-refractivity contribution in [3.63, 3.8) is 0 Å². The molecule has 0 spiro atoms. The van der Waals surface area contributed by atoms with Gasteiger partial charge in [-0.2, -0.15) is 0 Å². The van der Waals surface area contributed by atoms with Gasteiger partial charge in [-0.3, -0.25) is 9.89 Å². The predicted molar refractivity (Wildman–Crippen MR) is 122 cm³/mol. The fourth-order valence-corrected chi connectivity index (χ4v) is 4.22. The molecule has 1 unspecified atom stereocenters. The van der Waals surface area contributed by atoms with E-state index in [0.29, 0.717) is 22.5 Å². The standard InChI is InChI=1S/C24H29FN4O/c1-4-17(3)28-10-12-29(13-11-28)22-9-8-18(14-16(22)2)26-15-19-23-20(25)6-5-7-21(23)27-24(19)30/h5-9,14-15,17,27,30H,4,10-13H2,1-3H3. The van der Waals surface area contributed by atoms with E-state index in [4.69, 9.17) is 0 Å². The zero-order valence-electron chi connectivity index (χ0n) is 17.8. The first kappa shape index (κ1) is 20.4. The van der Waals surface area contributed by atoms with Gasteiger partial charge in [0.1, 0.15) is 5.82 Å². The molecule has 1 aliphatic heterocycles. The van der Waals surface area contributed by atoms with Crippen molar-refractivity contribution in [2.75, 3.05) is 31.1 Å². The van der Waals surface area contributed by atoms with Crippen molar-refractivity contribution >= 4 is 28.5 Å². The third-order valence-corrected chi connectivity index (χ3v) is 6.18. The second-order valence-corrected chi connectivity index (χ2v) is 8.06. The van der Waals surface area contributed by atoms with Gasteiger partial charge in [-0.15, -0.1) is 0 Å². The highest BCUT2D eigenvalue weighted by Crippen LogP contribution is 2.30. The van der Waals surface area contributed by atoms with Crippen LogP contribution in [0.4, 0.5) is 15.8 Å². The number of rotatable bonds is 5. The first-order valence-electron chi connectivity index (χ1n) is 10.6. The molecule has 3 aromatic rings. The van der Waals surface area contributed by atoms with Crippen molar-refractivity contribution in [3.05, 3.63) is 53.3 Å². The molecule has 6 heteroatoms. The minimum atomic E-state index is -0.381. The number of aryl methyl sites for hydroxylation is 1. The van der Waals surface area contributed by atoms with Crippen LogP contribution in [-0.2, 0) is 0 Å². The molecule has 1 atom stereocenters. The maximum atomic E-state index is 14.2. The molecular formula is C24H29FN4O. The van der Waals surface area contributed by atoms with Gasteiger partial charge in [0.15, 0.2) is 5.88 Å². The van der Waals surface area contributed by atoms with Crippen LogP contribution in [0, 0.1) is 12.7 Å². The molecular weight excluding hydrogens is 379 g/mol. The van der Waals surface area contributed by atoms with Gasteiger partial charge in [0, 0.05) is 49.5 Å². The Labute approximate surface area is 176 Å². The van der Waals surface area contributed by atoms with E-state index in [0.717, 1.165) is 37.4 Å². The largest absolute Gasteiger partial charge is 0.494 e. The third-order valence-electron chi connectivity index (χ3n) is 6.18. The van der Waals surface area contributed by atoms with Crippen LogP contribution in [0.25, 0.3) is 10.9 Å². The van der Waals surface area contributed by atoms with Crippen molar-refractivity contribution < 1.29 is 9.50 Å². The molecule has 158 valence electrons. The van der Waals surface area contributed by atoms with Crippen LogP contribution in [-0.4, -0.2) is 53.4 Å². The molecule has 2 heterocycles. The zero-order valence-corrected chi connectivity index (χ0v) is 17.8. The fourth-order valence-electron chi connectivity index (χ4n) is 4.22. The summed E-state index contributed by atoms with van der Waals surface area (Å²) in [4.78, 5) is 12.3. The molecule has 0 bridgehead atoms. The molecule has 0 radical (unpaired) electrons. The van der Waals surface area contributed by atoms with Crippen molar-refractivity contribution in [1.82, 2.24) is 9.88 Å². The number of halogens is 1. The lowest BCUT2D eigenvalue weighted by atomic mass is 10.1. The molecule has 4 rings (SSSR count). The summed E-state index contributed by atoms with van der Waals surface area (Å²) in [5, 5.41) is 10.5. The second kappa shape index (κ2) is 8.48. The van der Waals surface area contributed by atoms with Crippen LogP contribution in [0.3, 0.4) is 0 Å². The molecule has 0 aliphatic carbocycles. The second-order valence-electron chi connectivity index (χ2n) is 8.06. The number of fused-ring (bicyclic) bond motifs is 1. The Morgan fingerprint density at radius 2 is 1.97 bits per heavy atom. The Bertz CT molecular complexity index is 1070. The van der Waals surface area contributed by atoms with E-state index in [9.17, 15) is 9.50 Å². The molecule has 0 amide bonds. The maximum absolute atomic E-state index is 14.2. The smallest absolute Gasteiger partial charge is 0.198 e. The van der Waals surface area contributed by atoms with Gasteiger partial charge in [-0.1, -0.05) is 13.0 Å². The minimum absolute atomic E-state index is 0.0774. The highest BCUT2D eigenvalue weighted by Gasteiger charge is 2.21. The Hall–Kier alpha value is -2.86. The molecule has 0 saturated carbocycles. The first-order valence-corrected chi connectivity index (χ1v) is 10.6. The average molecular weight is 409 g/mol. The summed E-state index contributed by atoms with van der Waals surface area (Å²) in [5.41, 5.74) is 4.09. The Morgan fingerprint density at radius 3 is 2.67 bits per heavy atom. The summed E-state index contributed by atoms with van der Waals surface area (Å²) in [6.07, 6.45) is 2.71. The Balaban J connectivity index is 1.52. The monoisotopic (exact) mass is 408 g/mol. The van der Waals surface area contributed by atoms with Gasteiger partial charge >= 0.3 is 0 Å². The fraction of sp³-hybridized carbons (Fsp3) is 0.375. The van der Waals surface area contributed by atoms with Gasteiger partial charge in [-0.05, 0) is 56.2 Å². The van der Waals surface area contributed by atoms with Gasteiger partial charge < -0.3 is 15.0 Å². The third kappa shape index (κ3) is 3.92. The summed E-state index contributed by atoms with van der Waals surface area (Å²) in [5.74, 6) is -0.458. The van der Waals surface area contributed by atoms with Crippen molar-refractivity contribution in [2.24, 2.45) is 4.99 Å². The highest BCUT2D eigenvalue weighted by molar-refractivity contribution is 6.02. The van der Waals surface area contributed by atoms with Crippen molar-refractivity contribution in [1.29, 1.82) is 0 Å². The van der Waals surface area contributed by atoms with Gasteiger partial charge in [-0.25, -0.2) is 4.39 Å². The number of piperazine rings is 1. The van der Waals surface area contributed by atoms with Crippen LogP contribution >= 0.6 is 0 Å². The Kier molecular flexibility index (Phi) is 5.77. The van der Waals surface area contributed by atoms with E-state index in [2.05, 4.69) is 46.6 Å². The molecule has 1 saturated heterocycles. The number of anilines is 1. The summed E-state index contributed by atoms with van der Waals surface area (Å²) in [7, 11) is 0. The Morgan fingerprint density at radius 1 is 1.20 bits per heavy atom. The van der Waals surface area contributed by atoms with Crippen molar-refractivity contribution in [2.45, 2.75) is 33.2 Å². The molecule has 2 N–H and O–H groups in total. The quantitative estimate of drug-likeness (QED) is 0.585. The van der Waals surface area contributed by atoms with E-state index in [1.807, 2.05) is 12.1 Å². The number of H-pyrrole nitrogens is 1. The van der Waals surface area contributed by atoms with Gasteiger partial charge in [0.25, 0.3) is 0 Å². The van der Waals surface area contributed by atoms with Crippen LogP contribution in [0.5, 0.6) is 5.88 Å². The molecule has 1 fully saturated rings. The lowest BCUT2D eigenvalue weighted by molar-refractivity contribution is 0.193. The minimum Gasteiger partial charge on any atom is -0.494 e. The zero-order chi connectivity index (χ0) is 21.3. The van der Waals surface area contributed by atoms with Gasteiger partial charge in [0.2, 0.25) is 0 Å². The van der Waals surface area contributed by atoms with Crippen LogP contribution in [0.2, 0.25) is 0 Å². The number of nitrogens with zero attached hydrogens (tertiary/aromatic N) is 3. The molecule has 30 heavy (non-hydrogen) atoms. The maximum Gasteiger partial charge on any atom is 0.198 e. The summed E-state index contributed by atoms with van der Waals surface area (Å²) >= 11 is 0. The number of nitrogens with one attached hydrogen (secondary N) is 1. The molecule has 2 aromatic carbocycles. The summed E-state index contributed by atoms with van der Waals surface area (Å²) < 4.78 is 14.2. The normalized spacial score (nSPS) is 16.6. The molecule has 1 aromatic heterocycles. The van der Waals surface area contributed by atoms with E-state index >= 15 is 0 Å². The van der Waals surface area contributed by atoms with Crippen molar-refractivity contribution in [3.8, 4) is 5.88 Å². The van der Waals surface area contributed by atoms with E-state index in [1.54, 1.807) is 12.1 Å². The number of hydrogen-bond donors (Lipinski definition) is 2. The van der Waals surface area contributed by atoms with E-state index in [1.165, 1.54) is 24.4 Å². The van der Waals surface area contributed by atoms with Crippen LogP contribution < -0.4 is 4.90 Å². The lowest BCUT2D eigenvalue weighted by Gasteiger charge is -2.39. The number of benzene rings is 2. The van der Waals surface area contributed by atoms with Crippen LogP contribution in [0.1, 0.15) is 31.4 Å². The number of aliphatic imine (C=N–C) groups is 1. The first-order chi connectivity index (χ1) is 14.5. The SMILES string of the molecule is CCC(C)N1CCN(c2ccc(N=Cc3c(O)[nH]c4cccc(F)c34)cc2C)CC1. The van der Waals surface area contributed by atoms with E-state index < -0.39 is 0 Å². The molecule has 1 aliphatic rings. The number of aromatic hydroxyl groups is 1. The number of hydrogen-bond acceptors (Lipinski definition) is 4. The number of aromatic amines is 1. The van der Waals surface area contributed by atoms with E-state index in [-0.39, 0.29) is 11.7 Å². The molecule has 5 nitrogen and oxygen atoms in total. The van der Waals surface area contributed by atoms with Crippen LogP contribution in [0.15, 0.2) is 41.4 Å². The average Bonchev–Trinajstić information content (AvgIpc) is 3.08. The highest BCUT2D eigenvalue weighted by atomic mass is 19.1. The summed E-state index contributed by atoms with van der Waals surface area (Å²) in [6.45, 7) is 10.8. The summed E-state index contributed by atoms with van der Waals surface area (Å²) in [6, 6.07) is 11.5. The predicted octanol–water partition coefficient (Wildman–Crippen LogP) is 4.99. The van der Waals surface area contributed by atoms with Gasteiger partial charge in [0.05, 0.1) is 16.8 Å². The number of aromatic nitrogens is 1.